The zero-order chi connectivity index (χ0) is 18.7. The highest BCUT2D eigenvalue weighted by Crippen LogP contribution is 2.24. The summed E-state index contributed by atoms with van der Waals surface area (Å²) in [6.07, 6.45) is 1.36. The monoisotopic (exact) mass is 393 g/mol. The first-order valence-corrected chi connectivity index (χ1v) is 8.13. The third-order valence-electron chi connectivity index (χ3n) is 3.42. The Hall–Kier alpha value is -2.70. The van der Waals surface area contributed by atoms with Crippen molar-refractivity contribution >= 4 is 46.3 Å². The molecule has 2 N–H and O–H groups in total. The number of hydrogen-bond donors (Lipinski definition) is 2. The molecule has 0 saturated carbocycles. The van der Waals surface area contributed by atoms with E-state index < -0.39 is 17.5 Å². The van der Waals surface area contributed by atoms with Gasteiger partial charge in [0.15, 0.2) is 0 Å². The standard InChI is InChI=1S/C18H11Cl2F2N3O/c19-12-6-4-10(8-13(12)20)18(26)24-11-5-7-16(23-9-11)25-17-14(21)2-1-3-15(17)22/h1-9H,(H,23,25)(H,24,26). The Kier molecular flexibility index (Phi) is 5.35. The molecule has 0 aliphatic rings. The van der Waals surface area contributed by atoms with Crippen molar-refractivity contribution in [2.24, 2.45) is 0 Å². The van der Waals surface area contributed by atoms with E-state index in [2.05, 4.69) is 15.6 Å². The van der Waals surface area contributed by atoms with Crippen molar-refractivity contribution < 1.29 is 13.6 Å². The van der Waals surface area contributed by atoms with Crippen molar-refractivity contribution in [2.45, 2.75) is 0 Å². The lowest BCUT2D eigenvalue weighted by atomic mass is 10.2. The summed E-state index contributed by atoms with van der Waals surface area (Å²) in [4.78, 5) is 16.2. The van der Waals surface area contributed by atoms with E-state index in [4.69, 9.17) is 23.2 Å². The van der Waals surface area contributed by atoms with Crippen LogP contribution in [0.25, 0.3) is 0 Å². The molecule has 0 atom stereocenters. The maximum atomic E-state index is 13.6. The summed E-state index contributed by atoms with van der Waals surface area (Å²) >= 11 is 11.7. The molecule has 0 aliphatic carbocycles. The van der Waals surface area contributed by atoms with Gasteiger partial charge >= 0.3 is 0 Å². The van der Waals surface area contributed by atoms with Gasteiger partial charge in [0.2, 0.25) is 0 Å². The van der Waals surface area contributed by atoms with Crippen molar-refractivity contribution in [2.75, 3.05) is 10.6 Å². The van der Waals surface area contributed by atoms with E-state index >= 15 is 0 Å². The summed E-state index contributed by atoms with van der Waals surface area (Å²) < 4.78 is 27.3. The molecule has 3 rings (SSSR count). The highest BCUT2D eigenvalue weighted by atomic mass is 35.5. The number of benzene rings is 2. The van der Waals surface area contributed by atoms with Crippen LogP contribution in [0.4, 0.5) is 26.0 Å². The number of rotatable bonds is 4. The highest BCUT2D eigenvalue weighted by molar-refractivity contribution is 6.42. The third kappa shape index (κ3) is 4.09. The van der Waals surface area contributed by atoms with E-state index in [1.54, 1.807) is 6.07 Å². The van der Waals surface area contributed by atoms with Gasteiger partial charge in [-0.1, -0.05) is 29.3 Å². The van der Waals surface area contributed by atoms with Gasteiger partial charge in [-0.25, -0.2) is 13.8 Å². The van der Waals surface area contributed by atoms with E-state index in [9.17, 15) is 13.6 Å². The van der Waals surface area contributed by atoms with Crippen LogP contribution in [0.1, 0.15) is 10.4 Å². The van der Waals surface area contributed by atoms with Gasteiger partial charge in [-0.05, 0) is 42.5 Å². The number of nitrogens with one attached hydrogen (secondary N) is 2. The predicted octanol–water partition coefficient (Wildman–Crippen LogP) is 5.66. The number of carbonyl (C=O) groups is 1. The topological polar surface area (TPSA) is 54.0 Å². The summed E-state index contributed by atoms with van der Waals surface area (Å²) in [6.45, 7) is 0. The number of amides is 1. The average molecular weight is 394 g/mol. The van der Waals surface area contributed by atoms with E-state index in [0.717, 1.165) is 12.1 Å². The zero-order valence-electron chi connectivity index (χ0n) is 13.1. The number of aromatic nitrogens is 1. The van der Waals surface area contributed by atoms with Crippen molar-refractivity contribution in [3.05, 3.63) is 82.0 Å². The normalized spacial score (nSPS) is 10.5. The lowest BCUT2D eigenvalue weighted by Gasteiger charge is -2.09. The van der Waals surface area contributed by atoms with Crippen molar-refractivity contribution in [3.63, 3.8) is 0 Å². The van der Waals surface area contributed by atoms with Crippen LogP contribution < -0.4 is 10.6 Å². The molecule has 2 aromatic carbocycles. The smallest absolute Gasteiger partial charge is 0.255 e. The van der Waals surface area contributed by atoms with Crippen LogP contribution in [0.3, 0.4) is 0 Å². The van der Waals surface area contributed by atoms with Crippen LogP contribution in [0.2, 0.25) is 10.0 Å². The van der Waals surface area contributed by atoms with Gasteiger partial charge < -0.3 is 10.6 Å². The zero-order valence-corrected chi connectivity index (χ0v) is 14.6. The molecular weight excluding hydrogens is 383 g/mol. The Morgan fingerprint density at radius 3 is 2.31 bits per heavy atom. The van der Waals surface area contributed by atoms with Crippen LogP contribution in [-0.2, 0) is 0 Å². The molecule has 4 nitrogen and oxygen atoms in total. The largest absolute Gasteiger partial charge is 0.335 e. The molecule has 0 bridgehead atoms. The number of halogens is 4. The van der Waals surface area contributed by atoms with Gasteiger partial charge in [-0.15, -0.1) is 0 Å². The van der Waals surface area contributed by atoms with Crippen molar-refractivity contribution in [1.29, 1.82) is 0 Å². The van der Waals surface area contributed by atoms with Gasteiger partial charge in [0.05, 0.1) is 21.9 Å². The second-order valence-electron chi connectivity index (χ2n) is 5.24. The Balaban J connectivity index is 1.71. The first-order valence-electron chi connectivity index (χ1n) is 7.37. The summed E-state index contributed by atoms with van der Waals surface area (Å²) in [5.74, 6) is -1.64. The molecule has 8 heteroatoms. The van der Waals surface area contributed by atoms with Crippen LogP contribution in [-0.4, -0.2) is 10.9 Å². The lowest BCUT2D eigenvalue weighted by molar-refractivity contribution is 0.102. The molecule has 1 heterocycles. The minimum atomic E-state index is -0.733. The molecule has 1 amide bonds. The number of nitrogens with zero attached hydrogens (tertiary/aromatic N) is 1. The fraction of sp³-hybridized carbons (Fsp3) is 0. The number of anilines is 3. The van der Waals surface area contributed by atoms with Gasteiger partial charge in [0.1, 0.15) is 23.1 Å². The molecule has 3 aromatic rings. The lowest BCUT2D eigenvalue weighted by Crippen LogP contribution is -2.12. The maximum absolute atomic E-state index is 13.6. The van der Waals surface area contributed by atoms with E-state index in [-0.39, 0.29) is 16.5 Å². The molecule has 0 radical (unpaired) electrons. The molecule has 0 unspecified atom stereocenters. The highest BCUT2D eigenvalue weighted by Gasteiger charge is 2.11. The molecule has 26 heavy (non-hydrogen) atoms. The number of pyridine rings is 1. The molecule has 1 aromatic heterocycles. The quantitative estimate of drug-likeness (QED) is 0.600. The second kappa shape index (κ2) is 7.68. The van der Waals surface area contributed by atoms with Gasteiger partial charge in [0, 0.05) is 5.56 Å². The average Bonchev–Trinajstić information content (AvgIpc) is 2.62. The Bertz CT molecular complexity index is 945. The fourth-order valence-electron chi connectivity index (χ4n) is 2.13. The molecule has 0 aliphatic heterocycles. The number of carbonyl (C=O) groups excluding carboxylic acids is 1. The third-order valence-corrected chi connectivity index (χ3v) is 4.16. The second-order valence-corrected chi connectivity index (χ2v) is 6.05. The molecule has 0 fully saturated rings. The Morgan fingerprint density at radius 2 is 1.69 bits per heavy atom. The maximum Gasteiger partial charge on any atom is 0.255 e. The Morgan fingerprint density at radius 1 is 0.962 bits per heavy atom. The van der Waals surface area contributed by atoms with Gasteiger partial charge in [-0.2, -0.15) is 0 Å². The molecular formula is C18H11Cl2F2N3O. The summed E-state index contributed by atoms with van der Waals surface area (Å²) in [6, 6.07) is 11.1. The van der Waals surface area contributed by atoms with E-state index in [1.165, 1.54) is 36.5 Å². The van der Waals surface area contributed by atoms with Crippen molar-refractivity contribution in [1.82, 2.24) is 4.98 Å². The molecule has 0 spiro atoms. The van der Waals surface area contributed by atoms with Crippen LogP contribution in [0, 0.1) is 11.6 Å². The van der Waals surface area contributed by atoms with Gasteiger partial charge in [-0.3, -0.25) is 4.79 Å². The minimum absolute atomic E-state index is 0.224. The van der Waals surface area contributed by atoms with Crippen LogP contribution in [0.5, 0.6) is 0 Å². The summed E-state index contributed by atoms with van der Waals surface area (Å²) in [5, 5.41) is 5.82. The SMILES string of the molecule is O=C(Nc1ccc(Nc2c(F)cccc2F)nc1)c1ccc(Cl)c(Cl)c1. The predicted molar refractivity (Wildman–Crippen MR) is 98.3 cm³/mol. The first-order chi connectivity index (χ1) is 12.4. The fourth-order valence-corrected chi connectivity index (χ4v) is 2.43. The van der Waals surface area contributed by atoms with Crippen LogP contribution in [0.15, 0.2) is 54.7 Å². The van der Waals surface area contributed by atoms with Gasteiger partial charge in [0.25, 0.3) is 5.91 Å². The molecule has 0 saturated heterocycles. The molecule has 132 valence electrons. The number of hydrogen-bond acceptors (Lipinski definition) is 3. The number of para-hydroxylation sites is 1. The summed E-state index contributed by atoms with van der Waals surface area (Å²) in [7, 11) is 0. The summed E-state index contributed by atoms with van der Waals surface area (Å²) in [5.41, 5.74) is 0.434. The van der Waals surface area contributed by atoms with E-state index in [0.29, 0.717) is 16.3 Å². The first kappa shape index (κ1) is 18.1. The Labute approximate surface area is 157 Å². The van der Waals surface area contributed by atoms with Crippen molar-refractivity contribution in [3.8, 4) is 0 Å². The minimum Gasteiger partial charge on any atom is -0.335 e. The van der Waals surface area contributed by atoms with E-state index in [1.807, 2.05) is 0 Å². The van der Waals surface area contributed by atoms with Crippen LogP contribution >= 0.6 is 23.2 Å².